The van der Waals surface area contributed by atoms with Gasteiger partial charge >= 0.3 is 0 Å². The van der Waals surface area contributed by atoms with E-state index in [1.54, 1.807) is 37.3 Å². The van der Waals surface area contributed by atoms with Crippen molar-refractivity contribution in [2.24, 2.45) is 5.10 Å². The Morgan fingerprint density at radius 1 is 1.04 bits per heavy atom. The van der Waals surface area contributed by atoms with Gasteiger partial charge in [0.1, 0.15) is 0 Å². The number of non-ortho nitro benzene ring substituents is 1. The Labute approximate surface area is 147 Å². The minimum atomic E-state index is -0.722. The number of carbonyl (C=O) groups is 1. The van der Waals surface area contributed by atoms with Gasteiger partial charge in [0.05, 0.1) is 38.4 Å². The van der Waals surface area contributed by atoms with Crippen molar-refractivity contribution in [1.82, 2.24) is 0 Å². The number of amides is 1. The lowest BCUT2D eigenvalue weighted by Crippen LogP contribution is -2.21. The predicted octanol–water partition coefficient (Wildman–Crippen LogP) is 3.31. The predicted molar refractivity (Wildman–Crippen MR) is 94.8 cm³/mol. The van der Waals surface area contributed by atoms with Crippen LogP contribution in [0.4, 0.5) is 17.1 Å². The fourth-order valence-corrected chi connectivity index (χ4v) is 2.51. The van der Waals surface area contributed by atoms with Gasteiger partial charge in [-0.3, -0.25) is 25.0 Å². The van der Waals surface area contributed by atoms with Gasteiger partial charge in [0, 0.05) is 6.07 Å². The number of hydrazone groups is 1. The summed E-state index contributed by atoms with van der Waals surface area (Å²) in [4.78, 5) is 33.3. The minimum absolute atomic E-state index is 0.0911. The third-order valence-corrected chi connectivity index (χ3v) is 3.78. The molecule has 0 unspecified atom stereocenters. The third-order valence-electron chi connectivity index (χ3n) is 3.78. The Balaban J connectivity index is 2.03. The van der Waals surface area contributed by atoms with Crippen molar-refractivity contribution < 1.29 is 14.6 Å². The topological polar surface area (TPSA) is 119 Å². The van der Waals surface area contributed by atoms with Gasteiger partial charge in [0.15, 0.2) is 0 Å². The highest BCUT2D eigenvalue weighted by Gasteiger charge is 2.29. The van der Waals surface area contributed by atoms with E-state index < -0.39 is 27.1 Å². The first-order chi connectivity index (χ1) is 12.4. The Morgan fingerprint density at radius 3 is 2.35 bits per heavy atom. The van der Waals surface area contributed by atoms with E-state index in [1.165, 1.54) is 17.2 Å². The van der Waals surface area contributed by atoms with Gasteiger partial charge in [0.2, 0.25) is 0 Å². The van der Waals surface area contributed by atoms with E-state index in [1.807, 2.05) is 0 Å². The molecular formula is C17H12N4O5. The summed E-state index contributed by atoms with van der Waals surface area (Å²) in [6, 6.07) is 12.0. The molecule has 26 heavy (non-hydrogen) atoms. The summed E-state index contributed by atoms with van der Waals surface area (Å²) >= 11 is 0. The minimum Gasteiger partial charge on any atom is -0.267 e. The lowest BCUT2D eigenvalue weighted by Gasteiger charge is -2.11. The SMILES string of the molecule is CC1=NN(c2ccccc2)C(=O)/C1=C\c1ccc([N+](=O)[O-])cc1[N+](=O)[O-]. The van der Waals surface area contributed by atoms with Crippen molar-refractivity contribution >= 4 is 34.8 Å². The van der Waals surface area contributed by atoms with E-state index in [-0.39, 0.29) is 11.1 Å². The molecule has 0 aromatic heterocycles. The molecule has 9 nitrogen and oxygen atoms in total. The number of nitro benzene ring substituents is 2. The molecule has 0 radical (unpaired) electrons. The monoisotopic (exact) mass is 352 g/mol. The fourth-order valence-electron chi connectivity index (χ4n) is 2.51. The lowest BCUT2D eigenvalue weighted by atomic mass is 10.1. The van der Waals surface area contributed by atoms with Gasteiger partial charge in [-0.05, 0) is 31.2 Å². The second kappa shape index (κ2) is 6.55. The molecule has 0 aliphatic carbocycles. The number of hydrogen-bond donors (Lipinski definition) is 0. The first kappa shape index (κ1) is 17.0. The Hall–Kier alpha value is -3.88. The van der Waals surface area contributed by atoms with Crippen LogP contribution in [-0.4, -0.2) is 21.5 Å². The first-order valence-electron chi connectivity index (χ1n) is 7.48. The molecule has 9 heteroatoms. The Bertz CT molecular complexity index is 982. The largest absolute Gasteiger partial charge is 0.283 e. The molecule has 1 aliphatic heterocycles. The van der Waals surface area contributed by atoms with E-state index in [0.717, 1.165) is 12.1 Å². The smallest absolute Gasteiger partial charge is 0.267 e. The Morgan fingerprint density at radius 2 is 1.73 bits per heavy atom. The van der Waals surface area contributed by atoms with Crippen molar-refractivity contribution in [1.29, 1.82) is 0 Å². The molecule has 2 aromatic rings. The molecule has 0 saturated heterocycles. The summed E-state index contributed by atoms with van der Waals surface area (Å²) in [7, 11) is 0. The van der Waals surface area contributed by atoms with Crippen LogP contribution in [0.2, 0.25) is 0 Å². The number of nitrogens with zero attached hydrogens (tertiary/aromatic N) is 4. The van der Waals surface area contributed by atoms with E-state index in [2.05, 4.69) is 5.10 Å². The molecule has 1 amide bonds. The molecule has 130 valence electrons. The molecule has 1 heterocycles. The summed E-state index contributed by atoms with van der Waals surface area (Å²) < 4.78 is 0. The second-order valence-electron chi connectivity index (χ2n) is 5.45. The van der Waals surface area contributed by atoms with Gasteiger partial charge < -0.3 is 0 Å². The van der Waals surface area contributed by atoms with Crippen LogP contribution in [0.3, 0.4) is 0 Å². The quantitative estimate of drug-likeness (QED) is 0.475. The summed E-state index contributed by atoms with van der Waals surface area (Å²) in [5.74, 6) is -0.429. The average molecular weight is 352 g/mol. The normalized spacial score (nSPS) is 15.3. The first-order valence-corrected chi connectivity index (χ1v) is 7.48. The molecule has 0 fully saturated rings. The molecule has 0 bridgehead atoms. The van der Waals surface area contributed by atoms with E-state index in [0.29, 0.717) is 11.4 Å². The maximum Gasteiger partial charge on any atom is 0.283 e. The van der Waals surface area contributed by atoms with Crippen LogP contribution in [0.15, 0.2) is 59.2 Å². The number of anilines is 1. The molecule has 2 aromatic carbocycles. The summed E-state index contributed by atoms with van der Waals surface area (Å²) in [5.41, 5.74) is 0.391. The number of benzene rings is 2. The number of hydrogen-bond acceptors (Lipinski definition) is 6. The molecule has 0 spiro atoms. The van der Waals surface area contributed by atoms with E-state index in [9.17, 15) is 25.0 Å². The third kappa shape index (κ3) is 3.05. The van der Waals surface area contributed by atoms with E-state index in [4.69, 9.17) is 0 Å². The number of nitro groups is 2. The maximum absolute atomic E-state index is 12.6. The summed E-state index contributed by atoms with van der Waals surface area (Å²) in [6.45, 7) is 1.61. The highest BCUT2D eigenvalue weighted by molar-refractivity contribution is 6.32. The molecule has 0 atom stereocenters. The number of para-hydroxylation sites is 1. The van der Waals surface area contributed by atoms with Gasteiger partial charge in [-0.2, -0.15) is 10.1 Å². The average Bonchev–Trinajstić information content (AvgIpc) is 2.90. The molecule has 3 rings (SSSR count). The van der Waals surface area contributed by atoms with Crippen molar-refractivity contribution in [3.8, 4) is 0 Å². The fraction of sp³-hybridized carbons (Fsp3) is 0.0588. The number of rotatable bonds is 4. The standard InChI is InChI=1S/C17H12N4O5/c1-11-15(17(22)19(18-11)13-5-3-2-4-6-13)9-12-7-8-14(20(23)24)10-16(12)21(25)26/h2-10H,1H3/b15-9-. The van der Waals surface area contributed by atoms with Crippen LogP contribution in [0.25, 0.3) is 6.08 Å². The highest BCUT2D eigenvalue weighted by Crippen LogP contribution is 2.29. The van der Waals surface area contributed by atoms with Crippen molar-refractivity contribution in [2.45, 2.75) is 6.92 Å². The highest BCUT2D eigenvalue weighted by atomic mass is 16.6. The van der Waals surface area contributed by atoms with Crippen molar-refractivity contribution in [2.75, 3.05) is 5.01 Å². The van der Waals surface area contributed by atoms with Crippen LogP contribution < -0.4 is 5.01 Å². The van der Waals surface area contributed by atoms with E-state index >= 15 is 0 Å². The Kier molecular flexibility index (Phi) is 4.27. The van der Waals surface area contributed by atoms with Crippen LogP contribution in [0, 0.1) is 20.2 Å². The lowest BCUT2D eigenvalue weighted by molar-refractivity contribution is -0.394. The zero-order valence-corrected chi connectivity index (χ0v) is 13.5. The summed E-state index contributed by atoms with van der Waals surface area (Å²) in [6.07, 6.45) is 1.33. The van der Waals surface area contributed by atoms with Gasteiger partial charge in [-0.15, -0.1) is 0 Å². The molecular weight excluding hydrogens is 340 g/mol. The van der Waals surface area contributed by atoms with Crippen LogP contribution in [0.5, 0.6) is 0 Å². The van der Waals surface area contributed by atoms with Crippen molar-refractivity contribution in [3.63, 3.8) is 0 Å². The molecule has 1 aliphatic rings. The van der Waals surface area contributed by atoms with Crippen LogP contribution in [0.1, 0.15) is 12.5 Å². The van der Waals surface area contributed by atoms with Gasteiger partial charge in [0.25, 0.3) is 17.3 Å². The van der Waals surface area contributed by atoms with Crippen molar-refractivity contribution in [3.05, 3.63) is 79.9 Å². The van der Waals surface area contributed by atoms with Gasteiger partial charge in [-0.1, -0.05) is 18.2 Å². The zero-order chi connectivity index (χ0) is 18.8. The zero-order valence-electron chi connectivity index (χ0n) is 13.5. The van der Waals surface area contributed by atoms with Gasteiger partial charge in [-0.25, -0.2) is 0 Å². The maximum atomic E-state index is 12.6. The van der Waals surface area contributed by atoms with Crippen LogP contribution in [-0.2, 0) is 4.79 Å². The second-order valence-corrected chi connectivity index (χ2v) is 5.45. The van der Waals surface area contributed by atoms with Crippen LogP contribution >= 0.6 is 0 Å². The molecule has 0 N–H and O–H groups in total. The molecule has 0 saturated carbocycles. The summed E-state index contributed by atoms with van der Waals surface area (Å²) in [5, 5.41) is 27.5. The number of carbonyl (C=O) groups excluding carboxylic acids is 1.